The van der Waals surface area contributed by atoms with E-state index in [4.69, 9.17) is 14.2 Å². The van der Waals surface area contributed by atoms with E-state index in [0.29, 0.717) is 31.3 Å². The maximum atomic E-state index is 12.4. The van der Waals surface area contributed by atoms with E-state index in [1.54, 1.807) is 0 Å². The molecule has 6 aromatic rings. The fourth-order valence-corrected chi connectivity index (χ4v) is 18.9. The Bertz CT molecular complexity index is 3230. The highest BCUT2D eigenvalue weighted by Gasteiger charge is 2.56. The quantitative estimate of drug-likeness (QED) is 0.0346. The molecule has 0 heterocycles. The number of aliphatic carboxylic acids is 1. The fourth-order valence-electron chi connectivity index (χ4n) is 14.4. The fraction of sp³-hybridized carbons (Fsp3) is 0.494. The lowest BCUT2D eigenvalue weighted by molar-refractivity contribution is -0.310. The van der Waals surface area contributed by atoms with Gasteiger partial charge in [-0.1, -0.05) is 130 Å². The summed E-state index contributed by atoms with van der Waals surface area (Å²) in [6.45, 7) is 16.5. The normalized spacial score (nSPS) is 22.5. The van der Waals surface area contributed by atoms with Crippen molar-refractivity contribution in [2.24, 2.45) is 51.8 Å². The molecule has 95 heavy (non-hydrogen) atoms. The van der Waals surface area contributed by atoms with E-state index in [9.17, 15) is 46.0 Å². The number of benzene rings is 6. The Labute approximate surface area is 571 Å². The van der Waals surface area contributed by atoms with Gasteiger partial charge in [0.2, 0.25) is 0 Å². The lowest BCUT2D eigenvalue weighted by Gasteiger charge is -2.56. The van der Waals surface area contributed by atoms with Crippen molar-refractivity contribution in [1.82, 2.24) is 0 Å². The van der Waals surface area contributed by atoms with Gasteiger partial charge in [-0.3, -0.25) is 14.4 Å². The maximum Gasteiger partial charge on any atom is 0.312 e. The summed E-state index contributed by atoms with van der Waals surface area (Å²) in [7, 11) is -4.34. The SMILES string of the molecule is C.CC(F)(F)CC(=O)[O-].CCC(C)(C)C(=O)OC12CC3CC(CC(C3)C1)C2.CCOC(=O)C(C)(C)CC.Cc1ccc([S+](c2ccccc2)c2ccccc2)cc1.O=C(OCCS(=O)(=O)[O-])C12CC3CC(CC(C3)C1)C2.c1ccc([S+](c2ccccc2)c2ccccc2)cc1. The van der Waals surface area contributed by atoms with Crippen molar-refractivity contribution in [2.75, 3.05) is 19.0 Å². The smallest absolute Gasteiger partial charge is 0.312 e. The molecule has 0 aliphatic heterocycles. The molecule has 0 atom stereocenters. The minimum absolute atomic E-state index is 0. The predicted octanol–water partition coefficient (Wildman–Crippen LogP) is 17.5. The lowest BCUT2D eigenvalue weighted by atomic mass is 9.49. The molecule has 8 aliphatic carbocycles. The number of hydrogen-bond acceptors (Lipinski definition) is 11. The van der Waals surface area contributed by atoms with Gasteiger partial charge >= 0.3 is 17.9 Å². The zero-order valence-electron chi connectivity index (χ0n) is 56.4. The summed E-state index contributed by atoms with van der Waals surface area (Å²) >= 11 is 0. The van der Waals surface area contributed by atoms with Crippen LogP contribution in [-0.2, 0) is 65.3 Å². The number of carboxylic acids is 1. The zero-order chi connectivity index (χ0) is 68.3. The van der Waals surface area contributed by atoms with Crippen molar-refractivity contribution in [2.45, 2.75) is 207 Å². The molecule has 516 valence electrons. The molecule has 0 radical (unpaired) electrons. The van der Waals surface area contributed by atoms with Gasteiger partial charge in [-0.15, -0.1) is 0 Å². The molecular formula is C79H102F2O11S3. The molecule has 0 unspecified atom stereocenters. The number of carboxylic acid groups (broad SMARTS) is 1. The van der Waals surface area contributed by atoms with Gasteiger partial charge in [-0.05, 0) is 247 Å². The molecule has 8 saturated carbocycles. The van der Waals surface area contributed by atoms with Crippen LogP contribution in [0.5, 0.6) is 0 Å². The number of rotatable bonds is 18. The Balaban J connectivity index is 0.000000185. The van der Waals surface area contributed by atoms with Crippen molar-refractivity contribution < 1.29 is 60.2 Å². The summed E-state index contributed by atoms with van der Waals surface area (Å²) < 4.78 is 70.7. The summed E-state index contributed by atoms with van der Waals surface area (Å²) in [5.74, 6) is -1.37. The molecule has 8 fully saturated rings. The Hall–Kier alpha value is -6.33. The van der Waals surface area contributed by atoms with Gasteiger partial charge in [0, 0.05) is 5.97 Å². The second-order valence-corrected chi connectivity index (χ2v) is 33.5. The van der Waals surface area contributed by atoms with Gasteiger partial charge in [0.05, 0.1) is 66.9 Å². The van der Waals surface area contributed by atoms with E-state index < -0.39 is 34.2 Å². The van der Waals surface area contributed by atoms with Crippen molar-refractivity contribution in [3.8, 4) is 0 Å². The molecular weight excluding hydrogens is 1260 g/mol. The van der Waals surface area contributed by atoms with Gasteiger partial charge in [0.25, 0.3) is 5.92 Å². The summed E-state index contributed by atoms with van der Waals surface area (Å²) in [4.78, 5) is 53.3. The molecule has 0 aromatic heterocycles. The molecule has 16 heteroatoms. The topological polar surface area (TPSA) is 176 Å². The van der Waals surface area contributed by atoms with Crippen molar-refractivity contribution in [3.63, 3.8) is 0 Å². The summed E-state index contributed by atoms with van der Waals surface area (Å²) in [6.07, 6.45) is 14.5. The number of ether oxygens (including phenoxy) is 3. The number of carbonyl (C=O) groups is 4. The minimum Gasteiger partial charge on any atom is -0.748 e. The molecule has 0 saturated heterocycles. The van der Waals surface area contributed by atoms with Gasteiger partial charge < -0.3 is 28.7 Å². The van der Waals surface area contributed by atoms with Crippen LogP contribution >= 0.6 is 0 Å². The molecule has 0 N–H and O–H groups in total. The molecule has 8 aliphatic rings. The van der Waals surface area contributed by atoms with E-state index in [1.807, 2.05) is 41.5 Å². The van der Waals surface area contributed by atoms with Crippen LogP contribution in [0, 0.1) is 58.7 Å². The van der Waals surface area contributed by atoms with Crippen LogP contribution in [-0.4, -0.2) is 67.3 Å². The van der Waals surface area contributed by atoms with Crippen molar-refractivity contribution in [1.29, 1.82) is 0 Å². The number of halogens is 2. The number of carbonyl (C=O) groups excluding carboxylic acids is 4. The highest BCUT2D eigenvalue weighted by Crippen LogP contribution is 2.61. The summed E-state index contributed by atoms with van der Waals surface area (Å²) in [5.41, 5.74) is 0.234. The van der Waals surface area contributed by atoms with Gasteiger partial charge in [-0.25, -0.2) is 17.2 Å². The molecule has 8 bridgehead atoms. The Kier molecular flexibility index (Phi) is 28.8. The van der Waals surface area contributed by atoms with Crippen LogP contribution in [0.3, 0.4) is 0 Å². The molecule has 14 rings (SSSR count). The van der Waals surface area contributed by atoms with Gasteiger partial charge in [-0.2, -0.15) is 0 Å². The molecule has 0 spiro atoms. The molecule has 11 nitrogen and oxygen atoms in total. The minimum atomic E-state index is -4.30. The number of alkyl halides is 2. The first-order valence-corrected chi connectivity index (χ1v) is 37.5. The van der Waals surface area contributed by atoms with Crippen LogP contribution in [0.15, 0.2) is 205 Å². The van der Waals surface area contributed by atoms with E-state index >= 15 is 0 Å². The van der Waals surface area contributed by atoms with E-state index in [0.717, 1.165) is 69.1 Å². The Morgan fingerprint density at radius 1 is 0.495 bits per heavy atom. The first-order chi connectivity index (χ1) is 44.5. The summed E-state index contributed by atoms with van der Waals surface area (Å²) in [5, 5.41) is 9.42. The van der Waals surface area contributed by atoms with Crippen molar-refractivity contribution >= 4 is 55.8 Å². The van der Waals surface area contributed by atoms with Gasteiger partial charge in [0.15, 0.2) is 29.4 Å². The number of aryl methyl sites for hydroxylation is 1. The Morgan fingerprint density at radius 2 is 0.800 bits per heavy atom. The van der Waals surface area contributed by atoms with E-state index in [-0.39, 0.29) is 75.6 Å². The van der Waals surface area contributed by atoms with Crippen molar-refractivity contribution in [3.05, 3.63) is 181 Å². The molecule has 0 amide bonds. The maximum absolute atomic E-state index is 12.4. The van der Waals surface area contributed by atoms with Crippen LogP contribution in [0.1, 0.15) is 165 Å². The summed E-state index contributed by atoms with van der Waals surface area (Å²) in [6, 6.07) is 62.5. The lowest BCUT2D eigenvalue weighted by Crippen LogP contribution is -2.53. The average molecular weight is 1360 g/mol. The predicted molar refractivity (Wildman–Crippen MR) is 373 cm³/mol. The standard InChI is InChI=1S/C19H17S.C18H15S.C16H26O2.C13H20O5S.C8H16O2.C4H6F2O2.CH4/c1-16-12-14-19(15-13-16)20(17-8-4-2-5-9-17)18-10-6-3-7-11-18;1-4-10-16(11-5-1)19(17-12-6-2-7-13-17)18-14-8-3-9-15-18;1-4-15(2,3)14(17)18-16-8-11-5-12(9-16)7-13(6-11)10-16;14-12(18-1-2-19(15,16)17)13-6-9-3-10(7-13)5-11(4-9)8-13;1-5-8(3,4)7(9)10-6-2;1-4(5,6)2-3(7)8;/h2-15H,1H3;1-15H;11-13H,4-10H2,1-3H3;9-11H,1-8H2,(H,15,16,17);5-6H2,1-4H3;2H2,1H3,(H,7,8);1H4/q2*+1;;;;;/p-2. The molecule has 6 aromatic carbocycles. The third-order valence-corrected chi connectivity index (χ3v) is 24.2. The second kappa shape index (κ2) is 35.3. The Morgan fingerprint density at radius 3 is 1.07 bits per heavy atom. The zero-order valence-corrected chi connectivity index (χ0v) is 58.9. The monoisotopic (exact) mass is 1360 g/mol. The van der Waals surface area contributed by atoms with Gasteiger partial charge in [0.1, 0.15) is 12.2 Å². The van der Waals surface area contributed by atoms with E-state index in [2.05, 4.69) is 190 Å². The third kappa shape index (κ3) is 23.4. The average Bonchev–Trinajstić information content (AvgIpc) is 0.752. The first-order valence-electron chi connectivity index (χ1n) is 33.4. The number of esters is 3. The van der Waals surface area contributed by atoms with Crippen LogP contribution in [0.4, 0.5) is 8.78 Å². The van der Waals surface area contributed by atoms with E-state index in [1.165, 1.54) is 73.5 Å². The second-order valence-electron chi connectivity index (χ2n) is 27.9. The van der Waals surface area contributed by atoms with Crippen LogP contribution in [0.25, 0.3) is 0 Å². The third-order valence-electron chi connectivity index (χ3n) is 19.1. The largest absolute Gasteiger partial charge is 0.748 e. The highest BCUT2D eigenvalue weighted by atomic mass is 32.2. The van der Waals surface area contributed by atoms with Crippen LogP contribution < -0.4 is 5.11 Å². The first kappa shape index (κ1) is 77.7. The number of hydrogen-bond donors (Lipinski definition) is 0. The highest BCUT2D eigenvalue weighted by molar-refractivity contribution is 7.97. The van der Waals surface area contributed by atoms with Crippen LogP contribution in [0.2, 0.25) is 0 Å².